The summed E-state index contributed by atoms with van der Waals surface area (Å²) in [5, 5.41) is 0. The second kappa shape index (κ2) is 8.02. The summed E-state index contributed by atoms with van der Waals surface area (Å²) in [5.74, 6) is -0.291. The molecule has 0 saturated heterocycles. The first-order valence-corrected chi connectivity index (χ1v) is 13.4. The molecule has 0 spiro atoms. The van der Waals surface area contributed by atoms with Gasteiger partial charge >= 0.3 is 5.97 Å². The molecule has 0 aromatic carbocycles. The zero-order valence-corrected chi connectivity index (χ0v) is 15.5. The molecule has 0 amide bonds. The fourth-order valence-corrected chi connectivity index (χ4v) is 11.2. The SMILES string of the molecule is C=C(C)C(=O)OCCC[Si](C)(C)O[Si](C)(C)CCC. The van der Waals surface area contributed by atoms with E-state index in [1.54, 1.807) is 6.92 Å². The van der Waals surface area contributed by atoms with Crippen molar-refractivity contribution < 1.29 is 13.6 Å². The molecule has 0 saturated carbocycles. The molecule has 0 rings (SSSR count). The number of ether oxygens (including phenoxy) is 1. The van der Waals surface area contributed by atoms with Gasteiger partial charge in [0.15, 0.2) is 16.6 Å². The minimum Gasteiger partial charge on any atom is -0.462 e. The van der Waals surface area contributed by atoms with Gasteiger partial charge in [-0.2, -0.15) is 0 Å². The van der Waals surface area contributed by atoms with Crippen LogP contribution in [0.25, 0.3) is 0 Å². The second-order valence-electron chi connectivity index (χ2n) is 6.39. The van der Waals surface area contributed by atoms with E-state index in [1.807, 2.05) is 0 Å². The molecule has 112 valence electrons. The number of carbonyl (C=O) groups excluding carboxylic acids is 1. The van der Waals surface area contributed by atoms with Crippen LogP contribution in [0.2, 0.25) is 38.3 Å². The molecule has 0 aromatic heterocycles. The van der Waals surface area contributed by atoms with Crippen molar-refractivity contribution in [3.63, 3.8) is 0 Å². The van der Waals surface area contributed by atoms with Crippen molar-refractivity contribution in [2.24, 2.45) is 0 Å². The van der Waals surface area contributed by atoms with Gasteiger partial charge in [0, 0.05) is 5.57 Å². The predicted octanol–water partition coefficient (Wildman–Crippen LogP) is 4.33. The van der Waals surface area contributed by atoms with Crippen LogP contribution in [0.4, 0.5) is 0 Å². The molecule has 3 nitrogen and oxygen atoms in total. The third kappa shape index (κ3) is 9.18. The maximum Gasteiger partial charge on any atom is 0.333 e. The summed E-state index contributed by atoms with van der Waals surface area (Å²) in [4.78, 5) is 11.2. The van der Waals surface area contributed by atoms with Crippen molar-refractivity contribution in [2.75, 3.05) is 6.61 Å². The van der Waals surface area contributed by atoms with Crippen LogP contribution in [-0.2, 0) is 13.6 Å². The van der Waals surface area contributed by atoms with E-state index in [4.69, 9.17) is 8.85 Å². The summed E-state index contributed by atoms with van der Waals surface area (Å²) in [6.07, 6.45) is 2.08. The number of hydrogen-bond donors (Lipinski definition) is 0. The van der Waals surface area contributed by atoms with Crippen molar-refractivity contribution in [1.82, 2.24) is 0 Å². The highest BCUT2D eigenvalue weighted by molar-refractivity contribution is 6.84. The van der Waals surface area contributed by atoms with Gasteiger partial charge in [-0.25, -0.2) is 4.79 Å². The first-order valence-electron chi connectivity index (χ1n) is 7.12. The Balaban J connectivity index is 4.03. The number of carbonyl (C=O) groups is 1. The third-order valence-corrected chi connectivity index (χ3v) is 10.6. The Kier molecular flexibility index (Phi) is 7.85. The summed E-state index contributed by atoms with van der Waals surface area (Å²) in [7, 11) is -3.13. The normalized spacial score (nSPS) is 12.3. The Bertz CT molecular complexity index is 312. The number of esters is 1. The van der Waals surface area contributed by atoms with Gasteiger partial charge in [0.25, 0.3) is 0 Å². The van der Waals surface area contributed by atoms with Crippen molar-refractivity contribution >= 4 is 22.6 Å². The summed E-state index contributed by atoms with van der Waals surface area (Å²) in [6.45, 7) is 17.0. The molecule has 0 aliphatic carbocycles. The fourth-order valence-electron chi connectivity index (χ4n) is 2.24. The van der Waals surface area contributed by atoms with Crippen LogP contribution in [0.1, 0.15) is 26.7 Å². The summed E-state index contributed by atoms with van der Waals surface area (Å²) >= 11 is 0. The van der Waals surface area contributed by atoms with E-state index in [-0.39, 0.29) is 5.97 Å². The van der Waals surface area contributed by atoms with E-state index in [0.29, 0.717) is 12.2 Å². The van der Waals surface area contributed by atoms with Crippen LogP contribution < -0.4 is 0 Å². The second-order valence-corrected chi connectivity index (χ2v) is 15.2. The van der Waals surface area contributed by atoms with Crippen LogP contribution in [-0.4, -0.2) is 29.2 Å². The molecule has 0 aliphatic heterocycles. The first kappa shape index (κ1) is 18.6. The Morgan fingerprint density at radius 2 is 1.63 bits per heavy atom. The molecule has 0 heterocycles. The molecule has 0 atom stereocenters. The largest absolute Gasteiger partial charge is 0.462 e. The minimum atomic E-state index is -1.63. The van der Waals surface area contributed by atoms with Gasteiger partial charge in [-0.3, -0.25) is 0 Å². The van der Waals surface area contributed by atoms with Gasteiger partial charge in [-0.15, -0.1) is 0 Å². The zero-order valence-electron chi connectivity index (χ0n) is 13.5. The van der Waals surface area contributed by atoms with Crippen molar-refractivity contribution in [1.29, 1.82) is 0 Å². The van der Waals surface area contributed by atoms with Crippen LogP contribution in [0.15, 0.2) is 12.2 Å². The van der Waals surface area contributed by atoms with E-state index in [2.05, 4.69) is 39.7 Å². The van der Waals surface area contributed by atoms with Crippen molar-refractivity contribution in [2.45, 2.75) is 65.0 Å². The van der Waals surface area contributed by atoms with E-state index >= 15 is 0 Å². The molecular formula is C14H30O3Si2. The molecular weight excluding hydrogens is 272 g/mol. The monoisotopic (exact) mass is 302 g/mol. The summed E-state index contributed by atoms with van der Waals surface area (Å²) in [5.41, 5.74) is 0.462. The molecule has 0 fully saturated rings. The molecule has 5 heteroatoms. The van der Waals surface area contributed by atoms with E-state index < -0.39 is 16.6 Å². The highest BCUT2D eigenvalue weighted by Crippen LogP contribution is 2.23. The van der Waals surface area contributed by atoms with Gasteiger partial charge in [-0.05, 0) is 51.6 Å². The zero-order chi connectivity index (χ0) is 15.1. The first-order chi connectivity index (χ1) is 8.59. The lowest BCUT2D eigenvalue weighted by atomic mass is 10.4. The van der Waals surface area contributed by atoms with Crippen LogP contribution >= 0.6 is 0 Å². The number of rotatable bonds is 9. The molecule has 0 aromatic rings. The third-order valence-electron chi connectivity index (χ3n) is 2.91. The predicted molar refractivity (Wildman–Crippen MR) is 86.3 cm³/mol. The van der Waals surface area contributed by atoms with Crippen LogP contribution in [0.3, 0.4) is 0 Å². The topological polar surface area (TPSA) is 35.5 Å². The Hall–Kier alpha value is -0.396. The highest BCUT2D eigenvalue weighted by Gasteiger charge is 2.31. The minimum absolute atomic E-state index is 0.291. The average molecular weight is 303 g/mol. The van der Waals surface area contributed by atoms with Crippen molar-refractivity contribution in [3.8, 4) is 0 Å². The number of hydrogen-bond acceptors (Lipinski definition) is 3. The summed E-state index contributed by atoms with van der Waals surface area (Å²) < 4.78 is 11.6. The highest BCUT2D eigenvalue weighted by atomic mass is 28.4. The lowest BCUT2D eigenvalue weighted by molar-refractivity contribution is -0.138. The lowest BCUT2D eigenvalue weighted by Gasteiger charge is -2.34. The fraction of sp³-hybridized carbons (Fsp3) is 0.786. The average Bonchev–Trinajstić information content (AvgIpc) is 2.21. The maximum absolute atomic E-state index is 11.2. The maximum atomic E-state index is 11.2. The van der Waals surface area contributed by atoms with Crippen LogP contribution in [0, 0.1) is 0 Å². The molecule has 0 unspecified atom stereocenters. The lowest BCUT2D eigenvalue weighted by Crippen LogP contribution is -2.44. The van der Waals surface area contributed by atoms with Crippen molar-refractivity contribution in [3.05, 3.63) is 12.2 Å². The summed E-state index contributed by atoms with van der Waals surface area (Å²) in [6, 6.07) is 2.25. The van der Waals surface area contributed by atoms with Gasteiger partial charge in [0.05, 0.1) is 6.61 Å². The van der Waals surface area contributed by atoms with Gasteiger partial charge in [-0.1, -0.05) is 19.9 Å². The smallest absolute Gasteiger partial charge is 0.333 e. The molecule has 0 N–H and O–H groups in total. The van der Waals surface area contributed by atoms with Gasteiger partial charge < -0.3 is 8.85 Å². The van der Waals surface area contributed by atoms with E-state index in [1.165, 1.54) is 12.5 Å². The molecule has 19 heavy (non-hydrogen) atoms. The van der Waals surface area contributed by atoms with Gasteiger partial charge in [0.2, 0.25) is 0 Å². The van der Waals surface area contributed by atoms with Gasteiger partial charge in [0.1, 0.15) is 0 Å². The standard InChI is InChI=1S/C14H30O3Si2/c1-8-11-18(4,5)17-19(6,7)12-9-10-16-14(15)13(2)3/h2,8-12H2,1,3-7H3. The van der Waals surface area contributed by atoms with E-state index in [0.717, 1.165) is 12.5 Å². The van der Waals surface area contributed by atoms with E-state index in [9.17, 15) is 4.79 Å². The van der Waals surface area contributed by atoms with Crippen LogP contribution in [0.5, 0.6) is 0 Å². The Morgan fingerprint density at radius 3 is 2.11 bits per heavy atom. The molecule has 0 radical (unpaired) electrons. The molecule has 0 bridgehead atoms. The molecule has 0 aliphatic rings. The Labute approximate surface area is 120 Å². The Morgan fingerprint density at radius 1 is 1.11 bits per heavy atom. The quantitative estimate of drug-likeness (QED) is 0.275.